The summed E-state index contributed by atoms with van der Waals surface area (Å²) in [6.45, 7) is 5.70. The van der Waals surface area contributed by atoms with Gasteiger partial charge in [-0.1, -0.05) is 13.8 Å². The van der Waals surface area contributed by atoms with E-state index in [9.17, 15) is 4.79 Å². The summed E-state index contributed by atoms with van der Waals surface area (Å²) in [7, 11) is 1.69. The molecular weight excluding hydrogens is 216 g/mol. The third kappa shape index (κ3) is 3.45. The van der Waals surface area contributed by atoms with Crippen LogP contribution in [0.1, 0.15) is 30.0 Å². The molecule has 0 saturated heterocycles. The van der Waals surface area contributed by atoms with Crippen molar-refractivity contribution in [2.75, 3.05) is 0 Å². The van der Waals surface area contributed by atoms with Gasteiger partial charge in [-0.2, -0.15) is 10.4 Å². The van der Waals surface area contributed by atoms with Crippen LogP contribution in [0.4, 0.5) is 0 Å². The number of amides is 1. The molecule has 0 radical (unpaired) electrons. The Bertz CT molecular complexity index is 491. The monoisotopic (exact) mass is 232 g/mol. The zero-order chi connectivity index (χ0) is 13.0. The van der Waals surface area contributed by atoms with E-state index >= 15 is 0 Å². The van der Waals surface area contributed by atoms with Gasteiger partial charge in [0.1, 0.15) is 17.5 Å². The fourth-order valence-corrected chi connectivity index (χ4v) is 1.45. The molecule has 0 unspecified atom stereocenters. The van der Waals surface area contributed by atoms with Crippen LogP contribution in [-0.2, 0) is 7.05 Å². The van der Waals surface area contributed by atoms with Crippen molar-refractivity contribution in [3.8, 4) is 6.07 Å². The van der Waals surface area contributed by atoms with Crippen LogP contribution in [0.15, 0.2) is 17.8 Å². The summed E-state index contributed by atoms with van der Waals surface area (Å²) in [5, 5.41) is 15.5. The van der Waals surface area contributed by atoms with E-state index in [1.807, 2.05) is 26.8 Å². The molecule has 1 aromatic rings. The Hall–Kier alpha value is -2.09. The number of aromatic nitrogens is 2. The molecule has 1 amide bonds. The molecule has 0 atom stereocenters. The Morgan fingerprint density at radius 3 is 2.71 bits per heavy atom. The van der Waals surface area contributed by atoms with Gasteiger partial charge >= 0.3 is 0 Å². The van der Waals surface area contributed by atoms with E-state index in [4.69, 9.17) is 5.26 Å². The van der Waals surface area contributed by atoms with Gasteiger partial charge in [-0.05, 0) is 25.0 Å². The van der Waals surface area contributed by atoms with Gasteiger partial charge in [-0.15, -0.1) is 0 Å². The molecule has 0 aromatic carbocycles. The third-order valence-corrected chi connectivity index (χ3v) is 2.10. The Morgan fingerprint density at radius 2 is 2.29 bits per heavy atom. The highest BCUT2D eigenvalue weighted by molar-refractivity contribution is 5.94. The number of hydrogen-bond donors (Lipinski definition) is 1. The highest BCUT2D eigenvalue weighted by Gasteiger charge is 2.12. The van der Waals surface area contributed by atoms with Crippen LogP contribution in [-0.4, -0.2) is 15.7 Å². The van der Waals surface area contributed by atoms with E-state index in [1.165, 1.54) is 4.68 Å². The van der Waals surface area contributed by atoms with Crippen LogP contribution in [0.2, 0.25) is 0 Å². The molecule has 17 heavy (non-hydrogen) atoms. The zero-order valence-corrected chi connectivity index (χ0v) is 10.5. The number of nitriles is 1. The predicted octanol–water partition coefficient (Wildman–Crippen LogP) is 1.52. The molecule has 1 heterocycles. The smallest absolute Gasteiger partial charge is 0.274 e. The minimum Gasteiger partial charge on any atom is -0.312 e. The van der Waals surface area contributed by atoms with Crippen molar-refractivity contribution >= 4 is 5.91 Å². The molecule has 0 spiro atoms. The van der Waals surface area contributed by atoms with E-state index in [2.05, 4.69) is 10.4 Å². The summed E-state index contributed by atoms with van der Waals surface area (Å²) in [6.07, 6.45) is 1.71. The fourth-order valence-electron chi connectivity index (χ4n) is 1.45. The van der Waals surface area contributed by atoms with Crippen LogP contribution in [0, 0.1) is 24.2 Å². The number of nitrogens with zero attached hydrogens (tertiary/aromatic N) is 3. The summed E-state index contributed by atoms with van der Waals surface area (Å²) in [4.78, 5) is 11.9. The van der Waals surface area contributed by atoms with Gasteiger partial charge in [0.15, 0.2) is 0 Å². The lowest BCUT2D eigenvalue weighted by atomic mass is 10.2. The molecule has 1 aromatic heterocycles. The summed E-state index contributed by atoms with van der Waals surface area (Å²) in [6, 6.07) is 3.64. The molecule has 0 aliphatic carbocycles. The van der Waals surface area contributed by atoms with Crippen LogP contribution in [0.5, 0.6) is 0 Å². The van der Waals surface area contributed by atoms with Crippen molar-refractivity contribution in [3.05, 3.63) is 29.2 Å². The van der Waals surface area contributed by atoms with Gasteiger partial charge < -0.3 is 5.32 Å². The number of allylic oxidation sites excluding steroid dienone is 2. The van der Waals surface area contributed by atoms with Crippen LogP contribution in [0.3, 0.4) is 0 Å². The maximum Gasteiger partial charge on any atom is 0.274 e. The number of carbonyl (C=O) groups excluding carboxylic acids is 1. The normalized spacial score (nSPS) is 11.4. The predicted molar refractivity (Wildman–Crippen MR) is 63.9 cm³/mol. The molecule has 90 valence electrons. The Kier molecular flexibility index (Phi) is 4.05. The van der Waals surface area contributed by atoms with Crippen molar-refractivity contribution in [3.63, 3.8) is 0 Å². The highest BCUT2D eigenvalue weighted by Crippen LogP contribution is 2.04. The Morgan fingerprint density at radius 1 is 1.65 bits per heavy atom. The Labute approximate surface area is 101 Å². The van der Waals surface area contributed by atoms with Gasteiger partial charge in [0, 0.05) is 7.05 Å². The molecule has 1 rings (SSSR count). The van der Waals surface area contributed by atoms with Crippen LogP contribution < -0.4 is 5.32 Å². The maximum atomic E-state index is 11.9. The molecule has 0 fully saturated rings. The number of carbonyl (C=O) groups is 1. The second kappa shape index (κ2) is 5.30. The average Bonchev–Trinajstić information content (AvgIpc) is 2.56. The molecule has 1 N–H and O–H groups in total. The first kappa shape index (κ1) is 13.0. The maximum absolute atomic E-state index is 11.9. The first-order valence-corrected chi connectivity index (χ1v) is 5.38. The van der Waals surface area contributed by atoms with Gasteiger partial charge in [0.25, 0.3) is 5.91 Å². The largest absolute Gasteiger partial charge is 0.312 e. The number of hydrogen-bond acceptors (Lipinski definition) is 3. The lowest BCUT2D eigenvalue weighted by molar-refractivity contribution is 0.0958. The zero-order valence-electron chi connectivity index (χ0n) is 10.5. The van der Waals surface area contributed by atoms with Gasteiger partial charge in [-0.25, -0.2) is 0 Å². The van der Waals surface area contributed by atoms with Gasteiger partial charge in [0.2, 0.25) is 0 Å². The summed E-state index contributed by atoms with van der Waals surface area (Å²) < 4.78 is 1.50. The number of aryl methyl sites for hydroxylation is 2. The quantitative estimate of drug-likeness (QED) is 0.803. The highest BCUT2D eigenvalue weighted by atomic mass is 16.2. The minimum absolute atomic E-state index is 0.207. The minimum atomic E-state index is -0.318. The van der Waals surface area contributed by atoms with E-state index in [-0.39, 0.29) is 17.5 Å². The second-order valence-electron chi connectivity index (χ2n) is 4.18. The third-order valence-electron chi connectivity index (χ3n) is 2.10. The standard InChI is InChI=1S/C12H16N4O/c1-8(2)5-10(7-13)14-12(17)11-6-9(3)15-16(11)4/h5-6,8H,1-4H3,(H,14,17). The molecular formula is C12H16N4O. The molecule has 0 aliphatic rings. The first-order valence-electron chi connectivity index (χ1n) is 5.38. The SMILES string of the molecule is Cc1cc(C(=O)NC(C#N)=CC(C)C)n(C)n1. The Balaban J connectivity index is 2.86. The van der Waals surface area contributed by atoms with Crippen molar-refractivity contribution < 1.29 is 4.79 Å². The van der Waals surface area contributed by atoms with Crippen molar-refractivity contribution in [2.24, 2.45) is 13.0 Å². The van der Waals surface area contributed by atoms with E-state index in [0.29, 0.717) is 5.69 Å². The summed E-state index contributed by atoms with van der Waals surface area (Å²) >= 11 is 0. The lowest BCUT2D eigenvalue weighted by Crippen LogP contribution is -2.24. The van der Waals surface area contributed by atoms with Gasteiger partial charge in [0.05, 0.1) is 5.69 Å². The fraction of sp³-hybridized carbons (Fsp3) is 0.417. The first-order chi connectivity index (χ1) is 7.93. The molecule has 0 saturated carbocycles. The van der Waals surface area contributed by atoms with Crippen molar-refractivity contribution in [1.82, 2.24) is 15.1 Å². The van der Waals surface area contributed by atoms with E-state index < -0.39 is 0 Å². The van der Waals surface area contributed by atoms with E-state index in [0.717, 1.165) is 5.69 Å². The van der Waals surface area contributed by atoms with Crippen LogP contribution in [0.25, 0.3) is 0 Å². The molecule has 0 bridgehead atoms. The average molecular weight is 232 g/mol. The lowest BCUT2D eigenvalue weighted by Gasteiger charge is -2.04. The van der Waals surface area contributed by atoms with E-state index in [1.54, 1.807) is 19.2 Å². The van der Waals surface area contributed by atoms with Crippen molar-refractivity contribution in [1.29, 1.82) is 5.26 Å². The summed E-state index contributed by atoms with van der Waals surface area (Å²) in [5.41, 5.74) is 1.47. The topological polar surface area (TPSA) is 70.7 Å². The molecule has 0 aliphatic heterocycles. The molecule has 5 nitrogen and oxygen atoms in total. The van der Waals surface area contributed by atoms with Gasteiger partial charge in [-0.3, -0.25) is 9.48 Å². The second-order valence-corrected chi connectivity index (χ2v) is 4.18. The summed E-state index contributed by atoms with van der Waals surface area (Å²) in [5.74, 6) is -0.111. The number of rotatable bonds is 3. The molecule has 5 heteroatoms. The van der Waals surface area contributed by atoms with Crippen LogP contribution >= 0.6 is 0 Å². The van der Waals surface area contributed by atoms with Crippen molar-refractivity contribution in [2.45, 2.75) is 20.8 Å². The number of nitrogens with one attached hydrogen (secondary N) is 1.